The summed E-state index contributed by atoms with van der Waals surface area (Å²) in [6.45, 7) is 10.0. The molecule has 0 heterocycles. The summed E-state index contributed by atoms with van der Waals surface area (Å²) in [5.41, 5.74) is 1.75. The predicted octanol–water partition coefficient (Wildman–Crippen LogP) is 3.97. The molecule has 4 unspecified atom stereocenters. The summed E-state index contributed by atoms with van der Waals surface area (Å²) in [5.74, 6) is 1.34. The minimum Gasteiger partial charge on any atom is -0.377 e. The Bertz CT molecular complexity index is 468. The lowest BCUT2D eigenvalue weighted by molar-refractivity contribution is -0.124. The number of hydrogen-bond acceptors (Lipinski definition) is 2. The van der Waals surface area contributed by atoms with E-state index in [9.17, 15) is 0 Å². The van der Waals surface area contributed by atoms with Crippen LogP contribution in [0.1, 0.15) is 52.0 Å². The first-order chi connectivity index (χ1) is 9.98. The van der Waals surface area contributed by atoms with Gasteiger partial charge in [-0.05, 0) is 24.3 Å². The molecule has 0 spiro atoms. The Labute approximate surface area is 129 Å². The van der Waals surface area contributed by atoms with E-state index in [1.54, 1.807) is 0 Å². The second-order valence-corrected chi connectivity index (χ2v) is 7.85. The highest BCUT2D eigenvalue weighted by atomic mass is 16.5. The van der Waals surface area contributed by atoms with E-state index in [1.807, 2.05) is 0 Å². The molecule has 2 aliphatic carbocycles. The maximum Gasteiger partial charge on any atom is 0.0656 e. The average molecular weight is 287 g/mol. The third-order valence-electron chi connectivity index (χ3n) is 5.24. The summed E-state index contributed by atoms with van der Waals surface area (Å²) in [6, 6.07) is 12.2. The molecule has 21 heavy (non-hydrogen) atoms. The molecule has 0 aliphatic heterocycles. The zero-order valence-electron chi connectivity index (χ0n) is 13.8. The first-order valence-electron chi connectivity index (χ1n) is 8.41. The van der Waals surface area contributed by atoms with Crippen molar-refractivity contribution in [1.82, 2.24) is 5.32 Å². The van der Waals surface area contributed by atoms with Crippen molar-refractivity contribution in [3.8, 4) is 0 Å². The molecule has 2 nitrogen and oxygen atoms in total. The van der Waals surface area contributed by atoms with Gasteiger partial charge in [-0.3, -0.25) is 0 Å². The molecule has 2 aliphatic rings. The van der Waals surface area contributed by atoms with Crippen LogP contribution in [-0.2, 0) is 4.74 Å². The molecule has 2 fully saturated rings. The van der Waals surface area contributed by atoms with Gasteiger partial charge in [0, 0.05) is 30.0 Å². The highest BCUT2D eigenvalue weighted by Gasteiger charge is 2.52. The SMILES string of the molecule is CC(C)COC1CC(NC2CC2c2ccccc2)C1(C)C. The Morgan fingerprint density at radius 2 is 1.90 bits per heavy atom. The molecule has 1 aromatic rings. The Morgan fingerprint density at radius 3 is 2.52 bits per heavy atom. The normalized spacial score (nSPS) is 33.8. The average Bonchev–Trinajstić information content (AvgIpc) is 3.22. The van der Waals surface area contributed by atoms with Crippen molar-refractivity contribution in [3.05, 3.63) is 35.9 Å². The van der Waals surface area contributed by atoms with Crippen LogP contribution in [0.2, 0.25) is 0 Å². The molecular weight excluding hydrogens is 258 g/mol. The molecule has 2 saturated carbocycles. The summed E-state index contributed by atoms with van der Waals surface area (Å²) < 4.78 is 6.06. The van der Waals surface area contributed by atoms with Gasteiger partial charge in [-0.1, -0.05) is 58.0 Å². The maximum atomic E-state index is 6.06. The van der Waals surface area contributed by atoms with Crippen LogP contribution in [0.25, 0.3) is 0 Å². The molecule has 1 N–H and O–H groups in total. The number of hydrogen-bond donors (Lipinski definition) is 1. The van der Waals surface area contributed by atoms with Crippen molar-refractivity contribution in [2.45, 2.75) is 64.6 Å². The van der Waals surface area contributed by atoms with Crippen molar-refractivity contribution in [2.24, 2.45) is 11.3 Å². The molecule has 0 bridgehead atoms. The minimum absolute atomic E-state index is 0.263. The predicted molar refractivity (Wildman–Crippen MR) is 87.5 cm³/mol. The highest BCUT2D eigenvalue weighted by molar-refractivity contribution is 5.28. The van der Waals surface area contributed by atoms with E-state index in [2.05, 4.69) is 63.3 Å². The molecule has 2 heteroatoms. The maximum absolute atomic E-state index is 6.06. The topological polar surface area (TPSA) is 21.3 Å². The third kappa shape index (κ3) is 3.17. The van der Waals surface area contributed by atoms with Crippen molar-refractivity contribution in [1.29, 1.82) is 0 Å². The van der Waals surface area contributed by atoms with Crippen LogP contribution in [0, 0.1) is 11.3 Å². The first kappa shape index (κ1) is 15.1. The minimum atomic E-state index is 0.263. The second kappa shape index (κ2) is 5.73. The van der Waals surface area contributed by atoms with Crippen molar-refractivity contribution < 1.29 is 4.74 Å². The van der Waals surface area contributed by atoms with Gasteiger partial charge in [0.25, 0.3) is 0 Å². The molecule has 1 aromatic carbocycles. The molecule has 116 valence electrons. The van der Waals surface area contributed by atoms with Gasteiger partial charge < -0.3 is 10.1 Å². The molecule has 4 atom stereocenters. The zero-order chi connectivity index (χ0) is 15.0. The van der Waals surface area contributed by atoms with Crippen LogP contribution in [0.15, 0.2) is 30.3 Å². The van der Waals surface area contributed by atoms with E-state index < -0.39 is 0 Å². The Balaban J connectivity index is 1.48. The van der Waals surface area contributed by atoms with Gasteiger partial charge >= 0.3 is 0 Å². The van der Waals surface area contributed by atoms with Crippen molar-refractivity contribution >= 4 is 0 Å². The standard InChI is InChI=1S/C19H29NO/c1-13(2)12-21-18-11-17(19(18,3)4)20-16-10-15(16)14-8-6-5-7-9-14/h5-9,13,15-18,20H,10-12H2,1-4H3. The third-order valence-corrected chi connectivity index (χ3v) is 5.24. The fourth-order valence-corrected chi connectivity index (χ4v) is 3.47. The smallest absolute Gasteiger partial charge is 0.0656 e. The first-order valence-corrected chi connectivity index (χ1v) is 8.41. The summed E-state index contributed by atoms with van der Waals surface area (Å²) in [6.07, 6.45) is 2.87. The van der Waals surface area contributed by atoms with Gasteiger partial charge in [0.1, 0.15) is 0 Å². The lowest BCUT2D eigenvalue weighted by atomic mass is 9.64. The van der Waals surface area contributed by atoms with E-state index in [-0.39, 0.29) is 5.41 Å². The molecular formula is C19H29NO. The van der Waals surface area contributed by atoms with Crippen LogP contribution < -0.4 is 5.32 Å². The van der Waals surface area contributed by atoms with Gasteiger partial charge in [0.15, 0.2) is 0 Å². The fourth-order valence-electron chi connectivity index (χ4n) is 3.47. The zero-order valence-corrected chi connectivity index (χ0v) is 13.8. The fraction of sp³-hybridized carbons (Fsp3) is 0.684. The van der Waals surface area contributed by atoms with Gasteiger partial charge in [0.05, 0.1) is 6.10 Å². The number of benzene rings is 1. The van der Waals surface area contributed by atoms with Crippen LogP contribution in [0.3, 0.4) is 0 Å². The number of nitrogens with one attached hydrogen (secondary N) is 1. The molecule has 0 aromatic heterocycles. The summed E-state index contributed by atoms with van der Waals surface area (Å²) >= 11 is 0. The monoisotopic (exact) mass is 287 g/mol. The molecule has 0 radical (unpaired) electrons. The molecule has 3 rings (SSSR count). The van der Waals surface area contributed by atoms with Crippen molar-refractivity contribution in [2.75, 3.05) is 6.61 Å². The lowest BCUT2D eigenvalue weighted by Gasteiger charge is -2.52. The van der Waals surface area contributed by atoms with E-state index in [1.165, 1.54) is 12.0 Å². The Morgan fingerprint density at radius 1 is 1.19 bits per heavy atom. The van der Waals surface area contributed by atoms with Gasteiger partial charge in [-0.15, -0.1) is 0 Å². The quantitative estimate of drug-likeness (QED) is 0.854. The van der Waals surface area contributed by atoms with E-state index in [0.717, 1.165) is 18.9 Å². The summed E-state index contributed by atoms with van der Waals surface area (Å²) in [5, 5.41) is 3.87. The largest absolute Gasteiger partial charge is 0.377 e. The van der Waals surface area contributed by atoms with Gasteiger partial charge in [-0.2, -0.15) is 0 Å². The summed E-state index contributed by atoms with van der Waals surface area (Å²) in [7, 11) is 0. The van der Waals surface area contributed by atoms with E-state index >= 15 is 0 Å². The van der Waals surface area contributed by atoms with Gasteiger partial charge in [0.2, 0.25) is 0 Å². The van der Waals surface area contributed by atoms with Crippen LogP contribution >= 0.6 is 0 Å². The summed E-state index contributed by atoms with van der Waals surface area (Å²) in [4.78, 5) is 0. The second-order valence-electron chi connectivity index (χ2n) is 7.85. The van der Waals surface area contributed by atoms with E-state index in [0.29, 0.717) is 24.1 Å². The van der Waals surface area contributed by atoms with Crippen LogP contribution in [0.4, 0.5) is 0 Å². The molecule has 0 amide bonds. The highest BCUT2D eigenvalue weighted by Crippen LogP contribution is 2.47. The van der Waals surface area contributed by atoms with Gasteiger partial charge in [-0.25, -0.2) is 0 Å². The Kier molecular flexibility index (Phi) is 4.11. The van der Waals surface area contributed by atoms with Crippen molar-refractivity contribution in [3.63, 3.8) is 0 Å². The number of ether oxygens (including phenoxy) is 1. The van der Waals surface area contributed by atoms with Crippen LogP contribution in [-0.4, -0.2) is 24.8 Å². The lowest BCUT2D eigenvalue weighted by Crippen LogP contribution is -2.61. The molecule has 0 saturated heterocycles. The number of rotatable bonds is 6. The Hall–Kier alpha value is -0.860. The van der Waals surface area contributed by atoms with E-state index in [4.69, 9.17) is 4.74 Å². The van der Waals surface area contributed by atoms with Crippen LogP contribution in [0.5, 0.6) is 0 Å².